The molecule has 2 aliphatic heterocycles. The average Bonchev–Trinajstić information content (AvgIpc) is 2.63. The van der Waals surface area contributed by atoms with Crippen molar-refractivity contribution in [1.82, 2.24) is 0 Å². The van der Waals surface area contributed by atoms with Crippen LogP contribution in [-0.2, 0) is 13.1 Å². The third-order valence-electron chi connectivity index (χ3n) is 4.39. The molecule has 2 heteroatoms. The van der Waals surface area contributed by atoms with Crippen molar-refractivity contribution < 1.29 is 21.5 Å². The lowest BCUT2D eigenvalue weighted by molar-refractivity contribution is -0.948. The second-order valence-corrected chi connectivity index (χ2v) is 5.64. The van der Waals surface area contributed by atoms with E-state index in [1.165, 1.54) is 62.8 Å². The molecule has 1 spiro atoms. The van der Waals surface area contributed by atoms with Crippen molar-refractivity contribution in [2.24, 2.45) is 0 Å². The van der Waals surface area contributed by atoms with E-state index in [1.54, 1.807) is 11.1 Å². The predicted molar refractivity (Wildman–Crippen MR) is 66.9 cm³/mol. The molecule has 17 heavy (non-hydrogen) atoms. The molecule has 1 nitrogen and oxygen atoms in total. The van der Waals surface area contributed by atoms with E-state index in [1.807, 2.05) is 0 Å². The third-order valence-corrected chi connectivity index (χ3v) is 4.39. The third kappa shape index (κ3) is 2.74. The predicted octanol–water partition coefficient (Wildman–Crippen LogP) is 0.485. The van der Waals surface area contributed by atoms with Gasteiger partial charge in [0.1, 0.15) is 13.1 Å². The van der Waals surface area contributed by atoms with Gasteiger partial charge in [0.15, 0.2) is 0 Å². The molecule has 2 heterocycles. The Kier molecular flexibility index (Phi) is 4.26. The Morgan fingerprint density at radius 2 is 1.18 bits per heavy atom. The number of quaternary nitrogens is 1. The summed E-state index contributed by atoms with van der Waals surface area (Å²) in [6, 6.07) is 9.07. The summed E-state index contributed by atoms with van der Waals surface area (Å²) in [7, 11) is 0. The lowest BCUT2D eigenvalue weighted by Gasteiger charge is -2.35. The molecule has 2 aliphatic rings. The number of halogens is 1. The molecule has 0 atom stereocenters. The zero-order chi connectivity index (χ0) is 10.8. The van der Waals surface area contributed by atoms with Crippen LogP contribution >= 0.6 is 0 Å². The van der Waals surface area contributed by atoms with E-state index in [-0.39, 0.29) is 17.0 Å². The number of hydrogen-bond donors (Lipinski definition) is 0. The molecule has 0 aromatic heterocycles. The quantitative estimate of drug-likeness (QED) is 0.611. The Morgan fingerprint density at radius 1 is 0.706 bits per heavy atom. The van der Waals surface area contributed by atoms with Crippen LogP contribution in [-0.4, -0.2) is 17.6 Å². The Morgan fingerprint density at radius 3 is 1.71 bits per heavy atom. The fraction of sp³-hybridized carbons (Fsp3) is 0.600. The zero-order valence-corrected chi connectivity index (χ0v) is 12.1. The molecule has 94 valence electrons. The van der Waals surface area contributed by atoms with Crippen molar-refractivity contribution in [2.75, 3.05) is 13.1 Å². The molecule has 1 aromatic carbocycles. The van der Waals surface area contributed by atoms with Gasteiger partial charge in [0.05, 0.1) is 13.1 Å². The molecule has 0 radical (unpaired) electrons. The van der Waals surface area contributed by atoms with Crippen molar-refractivity contribution in [3.8, 4) is 0 Å². The van der Waals surface area contributed by atoms with E-state index in [0.29, 0.717) is 0 Å². The number of benzene rings is 1. The maximum atomic E-state index is 2.33. The molecular formula is C15H22BrN. The molecule has 1 fully saturated rings. The van der Waals surface area contributed by atoms with E-state index >= 15 is 0 Å². The zero-order valence-electron chi connectivity index (χ0n) is 10.5. The van der Waals surface area contributed by atoms with Gasteiger partial charge < -0.3 is 21.5 Å². The van der Waals surface area contributed by atoms with Crippen molar-refractivity contribution >= 4 is 0 Å². The van der Waals surface area contributed by atoms with Gasteiger partial charge in [-0.25, -0.2) is 0 Å². The van der Waals surface area contributed by atoms with E-state index in [2.05, 4.69) is 24.3 Å². The van der Waals surface area contributed by atoms with Gasteiger partial charge in [0, 0.05) is 11.1 Å². The van der Waals surface area contributed by atoms with Crippen molar-refractivity contribution in [2.45, 2.75) is 45.2 Å². The Bertz CT molecular complexity index is 340. The largest absolute Gasteiger partial charge is 1.00 e. The van der Waals surface area contributed by atoms with Crippen LogP contribution in [0.1, 0.15) is 43.2 Å². The number of rotatable bonds is 0. The molecule has 0 aliphatic carbocycles. The molecular weight excluding hydrogens is 274 g/mol. The lowest BCUT2D eigenvalue weighted by Crippen LogP contribution is -3.00. The fourth-order valence-electron chi connectivity index (χ4n) is 3.50. The molecule has 3 rings (SSSR count). The van der Waals surface area contributed by atoms with Crippen LogP contribution in [0.15, 0.2) is 24.3 Å². The first-order chi connectivity index (χ1) is 7.88. The van der Waals surface area contributed by atoms with Gasteiger partial charge in [-0.05, 0) is 25.7 Å². The second-order valence-electron chi connectivity index (χ2n) is 5.64. The van der Waals surface area contributed by atoms with Gasteiger partial charge in [-0.1, -0.05) is 30.7 Å². The molecule has 0 unspecified atom stereocenters. The van der Waals surface area contributed by atoms with Gasteiger partial charge in [-0.2, -0.15) is 0 Å². The first-order valence-corrected chi connectivity index (χ1v) is 6.80. The van der Waals surface area contributed by atoms with Gasteiger partial charge in [0.25, 0.3) is 0 Å². The minimum Gasteiger partial charge on any atom is -1.00 e. The summed E-state index contributed by atoms with van der Waals surface area (Å²) in [5.74, 6) is 0. The van der Waals surface area contributed by atoms with Crippen LogP contribution < -0.4 is 17.0 Å². The highest BCUT2D eigenvalue weighted by atomic mass is 79.9. The van der Waals surface area contributed by atoms with Gasteiger partial charge >= 0.3 is 0 Å². The van der Waals surface area contributed by atoms with Crippen LogP contribution in [0.25, 0.3) is 0 Å². The maximum absolute atomic E-state index is 2.33. The highest BCUT2D eigenvalue weighted by Crippen LogP contribution is 2.32. The molecule has 1 aromatic rings. The standard InChI is InChI=1S/C15H22N.BrH/c1-2-6-10-16(11-7-3-1)12-14-8-4-5-9-15(14)13-16;/h4-5,8-9H,1-3,6-7,10-13H2;1H/q+1;/p-1. The average molecular weight is 296 g/mol. The number of fused-ring (bicyclic) bond motifs is 1. The number of nitrogens with zero attached hydrogens (tertiary/aromatic N) is 1. The van der Waals surface area contributed by atoms with Crippen LogP contribution in [0, 0.1) is 0 Å². The topological polar surface area (TPSA) is 0 Å². The van der Waals surface area contributed by atoms with E-state index in [0.717, 1.165) is 0 Å². The van der Waals surface area contributed by atoms with Crippen molar-refractivity contribution in [3.05, 3.63) is 35.4 Å². The molecule has 0 saturated carbocycles. The summed E-state index contributed by atoms with van der Waals surface area (Å²) in [4.78, 5) is 0. The first-order valence-electron chi connectivity index (χ1n) is 6.80. The fourth-order valence-corrected chi connectivity index (χ4v) is 3.50. The SMILES string of the molecule is [Br-].c1ccc2c(c1)C[N+]1(CCCCCCC1)C2. The Balaban J connectivity index is 0.00000108. The molecule has 1 saturated heterocycles. The van der Waals surface area contributed by atoms with Crippen LogP contribution in [0.2, 0.25) is 0 Å². The normalized spacial score (nSPS) is 22.4. The molecule has 0 bridgehead atoms. The summed E-state index contributed by atoms with van der Waals surface area (Å²) in [5, 5.41) is 0. The second kappa shape index (κ2) is 5.53. The van der Waals surface area contributed by atoms with Gasteiger partial charge in [-0.3, -0.25) is 0 Å². The van der Waals surface area contributed by atoms with Crippen molar-refractivity contribution in [1.29, 1.82) is 0 Å². The molecule has 0 N–H and O–H groups in total. The summed E-state index contributed by atoms with van der Waals surface area (Å²) in [6.45, 7) is 5.43. The van der Waals surface area contributed by atoms with E-state index in [4.69, 9.17) is 0 Å². The van der Waals surface area contributed by atoms with E-state index < -0.39 is 0 Å². The molecule has 0 amide bonds. The summed E-state index contributed by atoms with van der Waals surface area (Å²) >= 11 is 0. The maximum Gasteiger partial charge on any atom is 0.105 e. The monoisotopic (exact) mass is 295 g/mol. The number of hydrogen-bond acceptors (Lipinski definition) is 0. The van der Waals surface area contributed by atoms with Crippen LogP contribution in [0.3, 0.4) is 0 Å². The minimum absolute atomic E-state index is 0. The summed E-state index contributed by atoms with van der Waals surface area (Å²) < 4.78 is 1.36. The van der Waals surface area contributed by atoms with Gasteiger partial charge in [-0.15, -0.1) is 0 Å². The van der Waals surface area contributed by atoms with E-state index in [9.17, 15) is 0 Å². The lowest BCUT2D eigenvalue weighted by atomic mass is 10.1. The smallest absolute Gasteiger partial charge is 0.105 e. The van der Waals surface area contributed by atoms with Crippen LogP contribution in [0.5, 0.6) is 0 Å². The minimum atomic E-state index is 0. The van der Waals surface area contributed by atoms with Crippen LogP contribution in [0.4, 0.5) is 0 Å². The first kappa shape index (κ1) is 13.1. The Labute approximate surface area is 115 Å². The Hall–Kier alpha value is -0.340. The summed E-state index contributed by atoms with van der Waals surface area (Å²) in [5.41, 5.74) is 3.23. The highest BCUT2D eigenvalue weighted by molar-refractivity contribution is 5.28. The van der Waals surface area contributed by atoms with Crippen molar-refractivity contribution in [3.63, 3.8) is 0 Å². The highest BCUT2D eigenvalue weighted by Gasteiger charge is 2.35. The van der Waals surface area contributed by atoms with Gasteiger partial charge in [0.2, 0.25) is 0 Å². The summed E-state index contributed by atoms with van der Waals surface area (Å²) in [6.07, 6.45) is 7.25.